The Kier molecular flexibility index (Phi) is 10.6. The molecule has 0 aliphatic rings. The van der Waals surface area contributed by atoms with Gasteiger partial charge in [0.05, 0.1) is 22.7 Å². The summed E-state index contributed by atoms with van der Waals surface area (Å²) in [6.45, 7) is 13.0. The third-order valence-electron chi connectivity index (χ3n) is 15.7. The molecular formula is C70H54N2O2. The van der Waals surface area contributed by atoms with Gasteiger partial charge in [-0.2, -0.15) is 0 Å². The zero-order chi connectivity index (χ0) is 50.4. The fourth-order valence-corrected chi connectivity index (χ4v) is 11.5. The molecule has 13 aromatic rings. The van der Waals surface area contributed by atoms with Crippen LogP contribution < -0.4 is 9.80 Å². The Balaban J connectivity index is 1.03. The lowest BCUT2D eigenvalue weighted by Gasteiger charge is -2.30. The fourth-order valence-electron chi connectivity index (χ4n) is 11.5. The Morgan fingerprint density at radius 2 is 0.784 bits per heavy atom. The van der Waals surface area contributed by atoms with Crippen LogP contribution in [0.2, 0.25) is 0 Å². The quantitative estimate of drug-likeness (QED) is 0.146. The molecule has 0 atom stereocenters. The zero-order valence-electron chi connectivity index (χ0n) is 42.5. The van der Waals surface area contributed by atoms with Crippen molar-refractivity contribution < 1.29 is 9.52 Å². The molecule has 0 saturated heterocycles. The maximum Gasteiger partial charge on any atom is 0.159 e. The molecule has 0 fully saturated rings. The van der Waals surface area contributed by atoms with E-state index in [0.29, 0.717) is 5.69 Å². The minimum Gasteiger partial charge on any atom is -0.505 e. The predicted octanol–water partition coefficient (Wildman–Crippen LogP) is 20.0. The summed E-state index contributed by atoms with van der Waals surface area (Å²) in [5.74, 6) is 0.218. The van der Waals surface area contributed by atoms with Gasteiger partial charge in [-0.1, -0.05) is 158 Å². The van der Waals surface area contributed by atoms with Gasteiger partial charge in [0.15, 0.2) is 5.58 Å². The summed E-state index contributed by atoms with van der Waals surface area (Å²) in [5, 5.41) is 21.7. The van der Waals surface area contributed by atoms with E-state index in [-0.39, 0.29) is 5.75 Å². The Bertz CT molecular complexity index is 4370. The maximum absolute atomic E-state index is 12.7. The summed E-state index contributed by atoms with van der Waals surface area (Å²) in [4.78, 5) is 4.65. The van der Waals surface area contributed by atoms with E-state index in [1.165, 1.54) is 55.3 Å². The smallest absolute Gasteiger partial charge is 0.159 e. The van der Waals surface area contributed by atoms with Gasteiger partial charge in [0.25, 0.3) is 0 Å². The number of hydrogen-bond acceptors (Lipinski definition) is 4. The number of benzene rings is 12. The molecule has 0 aliphatic carbocycles. The van der Waals surface area contributed by atoms with E-state index in [4.69, 9.17) is 4.42 Å². The number of aromatic hydroxyl groups is 1. The molecule has 0 spiro atoms. The first-order valence-electron chi connectivity index (χ1n) is 25.6. The first-order valence-corrected chi connectivity index (χ1v) is 25.6. The van der Waals surface area contributed by atoms with Gasteiger partial charge in [-0.25, -0.2) is 0 Å². The minimum atomic E-state index is 0.218. The highest BCUT2D eigenvalue weighted by molar-refractivity contribution is 6.28. The highest BCUT2D eigenvalue weighted by atomic mass is 16.3. The summed E-state index contributed by atoms with van der Waals surface area (Å²) in [7, 11) is 0. The first-order chi connectivity index (χ1) is 36.1. The second-order valence-corrected chi connectivity index (χ2v) is 20.1. The topological polar surface area (TPSA) is 39.9 Å². The van der Waals surface area contributed by atoms with E-state index >= 15 is 0 Å². The molecule has 0 aliphatic heterocycles. The minimum absolute atomic E-state index is 0.218. The van der Waals surface area contributed by atoms with Gasteiger partial charge in [0, 0.05) is 44.0 Å². The predicted molar refractivity (Wildman–Crippen MR) is 313 cm³/mol. The summed E-state index contributed by atoms with van der Waals surface area (Å²) < 4.78 is 7.18. The van der Waals surface area contributed by atoms with Crippen LogP contribution in [0.25, 0.3) is 87.6 Å². The number of fused-ring (bicyclic) bond motifs is 3. The highest BCUT2D eigenvalue weighted by Crippen LogP contribution is 2.52. The lowest BCUT2D eigenvalue weighted by atomic mass is 9.91. The van der Waals surface area contributed by atoms with Crippen molar-refractivity contribution in [3.8, 4) is 39.1 Å². The molecule has 12 aromatic carbocycles. The fraction of sp³-hybridized carbons (Fsp3) is 0.0857. The van der Waals surface area contributed by atoms with Crippen molar-refractivity contribution in [2.45, 2.75) is 41.5 Å². The zero-order valence-corrected chi connectivity index (χ0v) is 42.5. The van der Waals surface area contributed by atoms with E-state index in [1.54, 1.807) is 0 Å². The van der Waals surface area contributed by atoms with Gasteiger partial charge in [-0.05, 0) is 173 Å². The summed E-state index contributed by atoms with van der Waals surface area (Å²) in [5.41, 5.74) is 20.9. The normalized spacial score (nSPS) is 11.7. The van der Waals surface area contributed by atoms with Crippen LogP contribution in [0.5, 0.6) is 5.75 Å². The number of rotatable bonds is 9. The molecule has 356 valence electrons. The Hall–Kier alpha value is -9.12. The Morgan fingerprint density at radius 1 is 0.311 bits per heavy atom. The lowest BCUT2D eigenvalue weighted by molar-refractivity contribution is 0.478. The molecule has 1 N–H and O–H groups in total. The van der Waals surface area contributed by atoms with E-state index in [2.05, 4.69) is 252 Å². The van der Waals surface area contributed by atoms with Crippen molar-refractivity contribution in [2.24, 2.45) is 0 Å². The molecule has 4 nitrogen and oxygen atoms in total. The van der Waals surface area contributed by atoms with Crippen LogP contribution in [0, 0.1) is 41.5 Å². The van der Waals surface area contributed by atoms with E-state index in [1.807, 2.05) is 12.1 Å². The average Bonchev–Trinajstić information content (AvgIpc) is 3.81. The molecular weight excluding hydrogens is 901 g/mol. The number of hydrogen-bond donors (Lipinski definition) is 1. The molecule has 0 unspecified atom stereocenters. The number of anilines is 6. The highest BCUT2D eigenvalue weighted by Gasteiger charge is 2.27. The largest absolute Gasteiger partial charge is 0.505 e. The van der Waals surface area contributed by atoms with Crippen molar-refractivity contribution >= 4 is 88.4 Å². The van der Waals surface area contributed by atoms with Crippen LogP contribution in [0.1, 0.15) is 33.4 Å². The SMILES string of the molecule is Cc1ccc(N(c2cccc(-c3cccc(-c4ccccc4C)c3)c2O)c2ccc3ccc4c(N(c5ccc(C)c(C)c5)c5cccc6c5oc5c(-c7ccccc7C)cccc56)ccc5ccc2c3c54)cc1C. The van der Waals surface area contributed by atoms with Gasteiger partial charge in [0.1, 0.15) is 11.3 Å². The monoisotopic (exact) mass is 954 g/mol. The first kappa shape index (κ1) is 44.8. The Labute approximate surface area is 432 Å². The number of nitrogens with zero attached hydrogens (tertiary/aromatic N) is 2. The number of para-hydroxylation sites is 3. The van der Waals surface area contributed by atoms with Crippen LogP contribution in [0.4, 0.5) is 34.1 Å². The van der Waals surface area contributed by atoms with Crippen LogP contribution in [0.15, 0.2) is 217 Å². The molecule has 4 heteroatoms. The van der Waals surface area contributed by atoms with E-state index in [9.17, 15) is 5.11 Å². The van der Waals surface area contributed by atoms with Gasteiger partial charge in [-0.15, -0.1) is 0 Å². The second kappa shape index (κ2) is 17.6. The average molecular weight is 955 g/mol. The van der Waals surface area contributed by atoms with E-state index in [0.717, 1.165) is 94.2 Å². The standard InChI is InChI=1S/C70H54N2O2/c1-42-27-33-52(39-46(42)5)71(64-25-13-21-56(68(64)73)51-18-11-17-50(41-51)54-19-9-7-15-44(54)3)62-37-31-48-30-36-61-63(38-32-49-29-35-60(62)66(48)67(49)61)72(53-34-28-43(2)47(6)40-53)65-26-14-24-59-58-23-12-22-57(69(58)74-70(59)65)55-20-10-8-16-45(55)4/h7-41,73H,1-6H3. The number of phenols is 1. The van der Waals surface area contributed by atoms with Crippen molar-refractivity contribution in [1.29, 1.82) is 0 Å². The molecule has 0 amide bonds. The molecule has 74 heavy (non-hydrogen) atoms. The molecule has 1 aromatic heterocycles. The third-order valence-corrected chi connectivity index (χ3v) is 15.7. The molecule has 0 radical (unpaired) electrons. The van der Waals surface area contributed by atoms with Crippen LogP contribution in [-0.2, 0) is 0 Å². The van der Waals surface area contributed by atoms with Gasteiger partial charge >= 0.3 is 0 Å². The summed E-state index contributed by atoms with van der Waals surface area (Å²) in [6.07, 6.45) is 0. The van der Waals surface area contributed by atoms with Gasteiger partial charge in [0.2, 0.25) is 0 Å². The second-order valence-electron chi connectivity index (χ2n) is 20.1. The van der Waals surface area contributed by atoms with E-state index < -0.39 is 0 Å². The molecule has 13 rings (SSSR count). The van der Waals surface area contributed by atoms with Gasteiger partial charge in [-0.3, -0.25) is 0 Å². The number of aryl methyl sites for hydroxylation is 6. The summed E-state index contributed by atoms with van der Waals surface area (Å²) >= 11 is 0. The number of furan rings is 1. The van der Waals surface area contributed by atoms with Crippen molar-refractivity contribution in [1.82, 2.24) is 0 Å². The Morgan fingerprint density at radius 3 is 1.39 bits per heavy atom. The molecule has 1 heterocycles. The van der Waals surface area contributed by atoms with Crippen molar-refractivity contribution in [2.75, 3.05) is 9.80 Å². The van der Waals surface area contributed by atoms with Crippen molar-refractivity contribution in [3.63, 3.8) is 0 Å². The van der Waals surface area contributed by atoms with Crippen molar-refractivity contribution in [3.05, 3.63) is 246 Å². The third kappa shape index (κ3) is 7.20. The lowest BCUT2D eigenvalue weighted by Crippen LogP contribution is -2.12. The maximum atomic E-state index is 12.7. The molecule has 0 bridgehead atoms. The van der Waals surface area contributed by atoms with Crippen LogP contribution >= 0.6 is 0 Å². The van der Waals surface area contributed by atoms with Crippen LogP contribution in [-0.4, -0.2) is 5.11 Å². The number of phenolic OH excluding ortho intramolecular Hbond substituents is 1. The van der Waals surface area contributed by atoms with Crippen LogP contribution in [0.3, 0.4) is 0 Å². The van der Waals surface area contributed by atoms with Gasteiger partial charge < -0.3 is 19.3 Å². The molecule has 0 saturated carbocycles. The summed E-state index contributed by atoms with van der Waals surface area (Å²) in [6, 6.07) is 76.1.